The minimum absolute atomic E-state index is 0.424. The Morgan fingerprint density at radius 3 is 1.45 bits per heavy atom. The molecule has 0 saturated carbocycles. The number of rotatable bonds is 17. The van der Waals surface area contributed by atoms with Crippen molar-refractivity contribution in [1.82, 2.24) is 0 Å². The van der Waals surface area contributed by atoms with E-state index in [1.165, 1.54) is 83.5 Å². The normalized spacial score (nSPS) is 14.2. The van der Waals surface area contributed by atoms with Gasteiger partial charge in [-0.2, -0.15) is 0 Å². The first kappa shape index (κ1) is 22.3. The molecule has 1 N–H and O–H groups in total. The smallest absolute Gasteiger partial charge is 0.131 e. The van der Waals surface area contributed by atoms with Crippen LogP contribution in [0.2, 0.25) is 0 Å². The molecular weight excluding hydrogens is 292 g/mol. The van der Waals surface area contributed by atoms with Crippen molar-refractivity contribution in [3.63, 3.8) is 0 Å². The molecule has 2 nitrogen and oxygen atoms in total. The van der Waals surface area contributed by atoms with Gasteiger partial charge in [0.2, 0.25) is 0 Å². The van der Waals surface area contributed by atoms with Crippen molar-refractivity contribution in [3.8, 4) is 0 Å². The molecule has 3 heteroatoms. The fourth-order valence-corrected chi connectivity index (χ4v) is 4.04. The summed E-state index contributed by atoms with van der Waals surface area (Å²) in [5, 5.41) is 9.14. The second-order valence-electron chi connectivity index (χ2n) is 6.76. The summed E-state index contributed by atoms with van der Waals surface area (Å²) in [5.41, 5.74) is 0. The Balaban J connectivity index is 3.05. The van der Waals surface area contributed by atoms with Crippen LogP contribution in [0.25, 0.3) is 0 Å². The van der Waals surface area contributed by atoms with Gasteiger partial charge >= 0.3 is 0 Å². The summed E-state index contributed by atoms with van der Waals surface area (Å²) in [4.78, 5) is 0. The summed E-state index contributed by atoms with van der Waals surface area (Å²) in [6.07, 6.45) is 18.5. The van der Waals surface area contributed by atoms with Gasteiger partial charge in [0.1, 0.15) is 11.5 Å². The van der Waals surface area contributed by atoms with Crippen molar-refractivity contribution in [2.24, 2.45) is 0 Å². The van der Waals surface area contributed by atoms with Gasteiger partial charge in [-0.05, 0) is 19.8 Å². The van der Waals surface area contributed by atoms with Gasteiger partial charge in [0.15, 0.2) is 0 Å². The lowest BCUT2D eigenvalue weighted by atomic mass is 10.0. The second-order valence-corrected chi connectivity index (χ2v) is 8.38. The van der Waals surface area contributed by atoms with Gasteiger partial charge in [0.05, 0.1) is 6.10 Å². The average molecular weight is 333 g/mol. The highest BCUT2D eigenvalue weighted by Gasteiger charge is 2.09. The monoisotopic (exact) mass is 332 g/mol. The topological polar surface area (TPSA) is 43.3 Å². The maximum atomic E-state index is 11.5. The molecule has 0 rings (SSSR count). The second kappa shape index (κ2) is 17.6. The van der Waals surface area contributed by atoms with Crippen molar-refractivity contribution in [3.05, 3.63) is 0 Å². The first-order valence-corrected chi connectivity index (χ1v) is 11.2. The molecule has 0 spiro atoms. The summed E-state index contributed by atoms with van der Waals surface area (Å²) in [6.45, 7) is 3.98. The maximum Gasteiger partial charge on any atom is 0.131 e. The van der Waals surface area contributed by atoms with E-state index < -0.39 is 17.3 Å². The lowest BCUT2D eigenvalue weighted by molar-refractivity contribution is 0.218. The zero-order valence-electron chi connectivity index (χ0n) is 15.2. The van der Waals surface area contributed by atoms with Crippen LogP contribution in [-0.4, -0.2) is 27.3 Å². The predicted molar refractivity (Wildman–Crippen MR) is 99.9 cm³/mol. The van der Waals surface area contributed by atoms with E-state index in [0.29, 0.717) is 5.75 Å². The number of hydrogen-bond acceptors (Lipinski definition) is 2. The molecule has 0 radical (unpaired) electrons. The summed E-state index contributed by atoms with van der Waals surface area (Å²) in [5.74, 6) is 1.21. The average Bonchev–Trinajstić information content (AvgIpc) is 2.47. The quantitative estimate of drug-likeness (QED) is 0.278. The lowest BCUT2D eigenvalue weighted by Gasteiger charge is -2.12. The van der Waals surface area contributed by atoms with Crippen molar-refractivity contribution in [2.75, 3.05) is 11.5 Å². The molecule has 0 fully saturated rings. The van der Waals surface area contributed by atoms with E-state index in [4.69, 9.17) is 5.11 Å². The van der Waals surface area contributed by atoms with Crippen LogP contribution in [0.4, 0.5) is 0 Å². The predicted octanol–water partition coefficient (Wildman–Crippen LogP) is 5.60. The molecule has 0 aromatic carbocycles. The van der Waals surface area contributed by atoms with Gasteiger partial charge in [-0.15, -0.1) is 0 Å². The third-order valence-electron chi connectivity index (χ3n) is 4.15. The Labute approximate surface area is 142 Å². The zero-order valence-corrected chi connectivity index (χ0v) is 16.0. The zero-order chi connectivity index (χ0) is 16.5. The molecule has 0 saturated heterocycles. The van der Waals surface area contributed by atoms with E-state index in [1.807, 2.05) is 0 Å². The summed E-state index contributed by atoms with van der Waals surface area (Å²) >= 11 is -0.816. The van der Waals surface area contributed by atoms with Crippen LogP contribution >= 0.6 is 0 Å². The third-order valence-corrected chi connectivity index (χ3v) is 5.75. The van der Waals surface area contributed by atoms with Gasteiger partial charge in [-0.1, -0.05) is 95.1 Å². The minimum atomic E-state index is -0.816. The van der Waals surface area contributed by atoms with Crippen LogP contribution in [-0.2, 0) is 11.2 Å². The Kier molecular flexibility index (Phi) is 17.8. The van der Waals surface area contributed by atoms with Crippen molar-refractivity contribution in [2.45, 2.75) is 110 Å². The lowest BCUT2D eigenvalue weighted by Crippen LogP contribution is -2.20. The molecule has 2 unspecified atom stereocenters. The maximum absolute atomic E-state index is 11.5. The molecule has 22 heavy (non-hydrogen) atoms. The summed E-state index contributed by atoms with van der Waals surface area (Å²) in [6, 6.07) is 0. The first-order chi connectivity index (χ1) is 10.7. The fraction of sp³-hybridized carbons (Fsp3) is 1.00. The fourth-order valence-electron chi connectivity index (χ4n) is 2.81. The standard InChI is InChI=1S/C19H40O2S/c1-3-4-5-6-7-8-9-10-11-12-13-14-15-16-17-22(21)18-19(2)20/h19-20H,3-18H2,1-2H3. The number of aliphatic hydroxyl groups excluding tert-OH is 1. The minimum Gasteiger partial charge on any atom is -0.616 e. The van der Waals surface area contributed by atoms with Gasteiger partial charge < -0.3 is 9.66 Å². The first-order valence-electron chi connectivity index (χ1n) is 9.69. The van der Waals surface area contributed by atoms with Crippen LogP contribution in [0.15, 0.2) is 0 Å². The van der Waals surface area contributed by atoms with Gasteiger partial charge in [0.25, 0.3) is 0 Å². The van der Waals surface area contributed by atoms with Crippen molar-refractivity contribution in [1.29, 1.82) is 0 Å². The number of hydrogen-bond donors (Lipinski definition) is 1. The SMILES string of the molecule is CCCCCCCCCCCCCCCC[S+]([O-])CC(C)O. The van der Waals surface area contributed by atoms with E-state index in [0.717, 1.165) is 12.2 Å². The Bertz CT molecular complexity index is 210. The van der Waals surface area contributed by atoms with Gasteiger partial charge in [-0.25, -0.2) is 0 Å². The third kappa shape index (κ3) is 18.3. The molecule has 0 bridgehead atoms. The largest absolute Gasteiger partial charge is 0.616 e. The molecule has 0 aromatic rings. The van der Waals surface area contributed by atoms with Crippen LogP contribution in [0.1, 0.15) is 104 Å². The van der Waals surface area contributed by atoms with Crippen molar-refractivity contribution < 1.29 is 9.66 Å². The van der Waals surface area contributed by atoms with Gasteiger partial charge in [-0.3, -0.25) is 0 Å². The molecule has 134 valence electrons. The molecule has 0 aliphatic rings. The van der Waals surface area contributed by atoms with E-state index in [2.05, 4.69) is 6.92 Å². The number of aliphatic hydroxyl groups is 1. The van der Waals surface area contributed by atoms with Crippen LogP contribution in [0, 0.1) is 0 Å². The molecular formula is C19H40O2S. The molecule has 2 atom stereocenters. The molecule has 0 heterocycles. The summed E-state index contributed by atoms with van der Waals surface area (Å²) in [7, 11) is 0. The highest BCUT2D eigenvalue weighted by atomic mass is 32.2. The molecule has 0 aromatic heterocycles. The highest BCUT2D eigenvalue weighted by molar-refractivity contribution is 7.91. The van der Waals surface area contributed by atoms with Crippen LogP contribution in [0.5, 0.6) is 0 Å². The molecule has 0 aliphatic heterocycles. The van der Waals surface area contributed by atoms with E-state index in [9.17, 15) is 4.55 Å². The van der Waals surface area contributed by atoms with E-state index in [-0.39, 0.29) is 0 Å². The molecule has 0 aliphatic carbocycles. The van der Waals surface area contributed by atoms with Gasteiger partial charge in [0, 0.05) is 0 Å². The Morgan fingerprint density at radius 1 is 0.727 bits per heavy atom. The van der Waals surface area contributed by atoms with E-state index >= 15 is 0 Å². The summed E-state index contributed by atoms with van der Waals surface area (Å²) < 4.78 is 11.5. The van der Waals surface area contributed by atoms with E-state index in [1.54, 1.807) is 6.92 Å². The van der Waals surface area contributed by atoms with Crippen molar-refractivity contribution >= 4 is 11.2 Å². The Hall–Kier alpha value is 0.270. The molecule has 0 amide bonds. The van der Waals surface area contributed by atoms with Crippen LogP contribution < -0.4 is 0 Å². The van der Waals surface area contributed by atoms with Crippen LogP contribution in [0.3, 0.4) is 0 Å². The highest BCUT2D eigenvalue weighted by Crippen LogP contribution is 2.13. The Morgan fingerprint density at radius 2 is 1.09 bits per heavy atom. The number of unbranched alkanes of at least 4 members (excludes halogenated alkanes) is 13.